The molecular weight excluding hydrogens is 242 g/mol. The van der Waals surface area contributed by atoms with E-state index in [0.29, 0.717) is 5.65 Å². The van der Waals surface area contributed by atoms with Gasteiger partial charge >= 0.3 is 0 Å². The molecule has 7 nitrogen and oxygen atoms in total. The van der Waals surface area contributed by atoms with Gasteiger partial charge in [0, 0.05) is 19.1 Å². The molecule has 2 aromatic rings. The topological polar surface area (TPSA) is 95.8 Å². The van der Waals surface area contributed by atoms with Crippen LogP contribution in [0.4, 0.5) is 11.8 Å². The highest BCUT2D eigenvalue weighted by molar-refractivity contribution is 5.83. The summed E-state index contributed by atoms with van der Waals surface area (Å²) in [6.45, 7) is 5.15. The van der Waals surface area contributed by atoms with Gasteiger partial charge in [0.05, 0.1) is 6.33 Å². The lowest BCUT2D eigenvalue weighted by molar-refractivity contribution is 0.289. The van der Waals surface area contributed by atoms with Crippen LogP contribution < -0.4 is 11.1 Å². The first-order valence-corrected chi connectivity index (χ1v) is 6.72. The van der Waals surface area contributed by atoms with Gasteiger partial charge in [-0.1, -0.05) is 6.92 Å². The number of hydrogen-bond donors (Lipinski definition) is 3. The van der Waals surface area contributed by atoms with Crippen LogP contribution in [0, 0.1) is 0 Å². The van der Waals surface area contributed by atoms with Gasteiger partial charge in [0.1, 0.15) is 5.52 Å². The molecule has 1 aliphatic carbocycles. The first kappa shape index (κ1) is 12.2. The molecule has 0 amide bonds. The molecule has 0 bridgehead atoms. The van der Waals surface area contributed by atoms with Crippen LogP contribution in [0.3, 0.4) is 0 Å². The summed E-state index contributed by atoms with van der Waals surface area (Å²) >= 11 is 0. The van der Waals surface area contributed by atoms with Gasteiger partial charge in [-0.05, 0) is 19.4 Å². The van der Waals surface area contributed by atoms with Gasteiger partial charge in [-0.3, -0.25) is 4.90 Å². The maximum absolute atomic E-state index is 5.67. The Morgan fingerprint density at radius 3 is 3.05 bits per heavy atom. The van der Waals surface area contributed by atoms with Gasteiger partial charge in [0.2, 0.25) is 5.95 Å². The van der Waals surface area contributed by atoms with Gasteiger partial charge in [-0.25, -0.2) is 4.98 Å². The number of fused-ring (bicyclic) bond motifs is 1. The van der Waals surface area contributed by atoms with Crippen LogP contribution in [-0.2, 0) is 0 Å². The standard InChI is InChI=1S/C12H19N7/c1-2-19(8-3-4-8)6-5-14-10-9-11(16-7-15-9)18-12(13)17-10/h7-8H,2-6H2,1H3,(H4,13,14,15,16,17,18). The number of aromatic nitrogens is 4. The van der Waals surface area contributed by atoms with Crippen molar-refractivity contribution in [3.63, 3.8) is 0 Å². The third-order valence-electron chi connectivity index (χ3n) is 3.46. The minimum absolute atomic E-state index is 0.247. The van der Waals surface area contributed by atoms with Crippen molar-refractivity contribution < 1.29 is 0 Å². The second kappa shape index (κ2) is 5.00. The molecular formula is C12H19N7. The summed E-state index contributed by atoms with van der Waals surface area (Å²) in [7, 11) is 0. The van der Waals surface area contributed by atoms with Crippen molar-refractivity contribution in [2.45, 2.75) is 25.8 Å². The number of nitrogens with two attached hydrogens (primary N) is 1. The number of anilines is 2. The van der Waals surface area contributed by atoms with Crippen molar-refractivity contribution >= 4 is 22.9 Å². The molecule has 0 spiro atoms. The lowest BCUT2D eigenvalue weighted by Gasteiger charge is -2.19. The predicted molar refractivity (Wildman–Crippen MR) is 74.9 cm³/mol. The van der Waals surface area contributed by atoms with Crippen LogP contribution in [0.5, 0.6) is 0 Å². The highest BCUT2D eigenvalue weighted by atomic mass is 15.2. The van der Waals surface area contributed by atoms with Crippen LogP contribution in [-0.4, -0.2) is 50.5 Å². The number of likely N-dealkylation sites (N-methyl/N-ethyl adjacent to an activating group) is 1. The number of imidazole rings is 1. The average molecular weight is 261 g/mol. The summed E-state index contributed by atoms with van der Waals surface area (Å²) in [4.78, 5) is 17.9. The Bertz CT molecular complexity index is 560. The van der Waals surface area contributed by atoms with Crippen molar-refractivity contribution in [1.29, 1.82) is 0 Å². The molecule has 0 atom stereocenters. The fourth-order valence-electron chi connectivity index (χ4n) is 2.33. The third-order valence-corrected chi connectivity index (χ3v) is 3.46. The smallest absolute Gasteiger partial charge is 0.224 e. The average Bonchev–Trinajstić information content (AvgIpc) is 3.12. The van der Waals surface area contributed by atoms with Crippen molar-refractivity contribution in [3.05, 3.63) is 6.33 Å². The summed E-state index contributed by atoms with van der Waals surface area (Å²) in [5.74, 6) is 0.975. The molecule has 102 valence electrons. The monoisotopic (exact) mass is 261 g/mol. The molecule has 0 unspecified atom stereocenters. The molecule has 0 aliphatic heterocycles. The quantitative estimate of drug-likeness (QED) is 0.713. The summed E-state index contributed by atoms with van der Waals surface area (Å²) in [6.07, 6.45) is 4.27. The zero-order chi connectivity index (χ0) is 13.2. The molecule has 19 heavy (non-hydrogen) atoms. The van der Waals surface area contributed by atoms with E-state index in [4.69, 9.17) is 5.73 Å². The molecule has 7 heteroatoms. The lowest BCUT2D eigenvalue weighted by Crippen LogP contribution is -2.31. The Labute approximate surface area is 111 Å². The zero-order valence-electron chi connectivity index (χ0n) is 11.1. The van der Waals surface area contributed by atoms with E-state index in [1.807, 2.05) is 0 Å². The molecule has 1 saturated carbocycles. The number of nitrogens with zero attached hydrogens (tertiary/aromatic N) is 4. The number of aromatic amines is 1. The minimum Gasteiger partial charge on any atom is -0.368 e. The van der Waals surface area contributed by atoms with Gasteiger partial charge in [0.15, 0.2) is 11.5 Å². The summed E-state index contributed by atoms with van der Waals surface area (Å²) < 4.78 is 0. The fourth-order valence-corrected chi connectivity index (χ4v) is 2.33. The van der Waals surface area contributed by atoms with E-state index in [2.05, 4.69) is 37.1 Å². The van der Waals surface area contributed by atoms with Crippen LogP contribution in [0.25, 0.3) is 11.2 Å². The number of nitrogen functional groups attached to an aromatic ring is 1. The van der Waals surface area contributed by atoms with Crippen LogP contribution in [0.15, 0.2) is 6.33 Å². The second-order valence-electron chi connectivity index (χ2n) is 4.82. The van der Waals surface area contributed by atoms with Crippen molar-refractivity contribution in [2.75, 3.05) is 30.7 Å². The highest BCUT2D eigenvalue weighted by Crippen LogP contribution is 2.26. The van der Waals surface area contributed by atoms with E-state index in [-0.39, 0.29) is 5.95 Å². The Kier molecular flexibility index (Phi) is 3.20. The van der Waals surface area contributed by atoms with E-state index in [1.54, 1.807) is 6.33 Å². The van der Waals surface area contributed by atoms with Crippen molar-refractivity contribution in [2.24, 2.45) is 0 Å². The zero-order valence-corrected chi connectivity index (χ0v) is 11.1. The summed E-state index contributed by atoms with van der Waals surface area (Å²) in [5, 5.41) is 3.32. The third kappa shape index (κ3) is 2.60. The number of H-pyrrole nitrogens is 1. The predicted octanol–water partition coefficient (Wildman–Crippen LogP) is 0.831. The van der Waals surface area contributed by atoms with E-state index >= 15 is 0 Å². The number of rotatable bonds is 6. The molecule has 1 fully saturated rings. The van der Waals surface area contributed by atoms with E-state index in [1.165, 1.54) is 12.8 Å². The maximum Gasteiger partial charge on any atom is 0.224 e. The van der Waals surface area contributed by atoms with Gasteiger partial charge in [0.25, 0.3) is 0 Å². The molecule has 0 saturated heterocycles. The van der Waals surface area contributed by atoms with Gasteiger partial charge in [-0.2, -0.15) is 9.97 Å². The minimum atomic E-state index is 0.247. The Morgan fingerprint density at radius 1 is 1.47 bits per heavy atom. The normalized spacial score (nSPS) is 15.3. The van der Waals surface area contributed by atoms with E-state index in [9.17, 15) is 0 Å². The second-order valence-corrected chi connectivity index (χ2v) is 4.82. The summed E-state index contributed by atoms with van der Waals surface area (Å²) in [5.41, 5.74) is 7.08. The van der Waals surface area contributed by atoms with Crippen LogP contribution in [0.1, 0.15) is 19.8 Å². The Balaban J connectivity index is 1.66. The summed E-state index contributed by atoms with van der Waals surface area (Å²) in [6, 6.07) is 0.787. The van der Waals surface area contributed by atoms with Crippen LogP contribution in [0.2, 0.25) is 0 Å². The number of hydrogen-bond acceptors (Lipinski definition) is 6. The molecule has 3 rings (SSSR count). The molecule has 0 radical (unpaired) electrons. The largest absolute Gasteiger partial charge is 0.368 e. The molecule has 2 heterocycles. The van der Waals surface area contributed by atoms with Gasteiger partial charge < -0.3 is 16.0 Å². The van der Waals surface area contributed by atoms with Crippen LogP contribution >= 0.6 is 0 Å². The van der Waals surface area contributed by atoms with Gasteiger partial charge in [-0.15, -0.1) is 0 Å². The van der Waals surface area contributed by atoms with Crippen molar-refractivity contribution in [3.8, 4) is 0 Å². The molecule has 2 aromatic heterocycles. The Hall–Kier alpha value is -1.89. The van der Waals surface area contributed by atoms with E-state index in [0.717, 1.165) is 37.0 Å². The van der Waals surface area contributed by atoms with Crippen molar-refractivity contribution in [1.82, 2.24) is 24.8 Å². The fraction of sp³-hybridized carbons (Fsp3) is 0.583. The first-order chi connectivity index (χ1) is 9.28. The molecule has 1 aliphatic rings. The molecule has 0 aromatic carbocycles. The highest BCUT2D eigenvalue weighted by Gasteiger charge is 2.27. The van der Waals surface area contributed by atoms with E-state index < -0.39 is 0 Å². The number of nitrogens with one attached hydrogen (secondary N) is 2. The Morgan fingerprint density at radius 2 is 2.32 bits per heavy atom. The first-order valence-electron chi connectivity index (χ1n) is 6.72. The SMILES string of the molecule is CCN(CCNc1nc(N)nc2nc[nH]c12)C1CC1. The molecule has 4 N–H and O–H groups in total. The lowest BCUT2D eigenvalue weighted by atomic mass is 10.4. The maximum atomic E-state index is 5.67.